The molecule has 0 aromatic heterocycles. The molecule has 0 aliphatic carbocycles. The zero-order valence-corrected chi connectivity index (χ0v) is 7.86. The van der Waals surface area contributed by atoms with Crippen LogP contribution in [-0.2, 0) is 4.74 Å². The minimum absolute atomic E-state index is 0.663. The van der Waals surface area contributed by atoms with Crippen molar-refractivity contribution in [1.29, 1.82) is 0 Å². The molecular weight excluding hydrogens is 144 g/mol. The van der Waals surface area contributed by atoms with Gasteiger partial charge in [-0.15, -0.1) is 0 Å². The standard InChI is InChI=1S/C8H18OS/c1-8(2)7-9-5-3-4-6-10/h8,10H,3-7H2,1-2H3. The summed E-state index contributed by atoms with van der Waals surface area (Å²) in [5.74, 6) is 1.64. The average Bonchev–Trinajstić information content (AvgIpc) is 1.87. The molecule has 0 aliphatic rings. The van der Waals surface area contributed by atoms with E-state index in [-0.39, 0.29) is 0 Å². The lowest BCUT2D eigenvalue weighted by molar-refractivity contribution is 0.108. The van der Waals surface area contributed by atoms with Crippen molar-refractivity contribution in [3.05, 3.63) is 0 Å². The predicted molar refractivity (Wildman–Crippen MR) is 48.7 cm³/mol. The first-order chi connectivity index (χ1) is 4.77. The molecule has 0 aromatic rings. The van der Waals surface area contributed by atoms with Crippen molar-refractivity contribution in [2.75, 3.05) is 19.0 Å². The van der Waals surface area contributed by atoms with E-state index in [1.165, 1.54) is 6.42 Å². The van der Waals surface area contributed by atoms with E-state index in [1.54, 1.807) is 0 Å². The van der Waals surface area contributed by atoms with Crippen LogP contribution in [0.5, 0.6) is 0 Å². The lowest BCUT2D eigenvalue weighted by Gasteiger charge is -2.05. The summed E-state index contributed by atoms with van der Waals surface area (Å²) in [6, 6.07) is 0. The van der Waals surface area contributed by atoms with Crippen LogP contribution in [-0.4, -0.2) is 19.0 Å². The Labute approximate surface area is 69.6 Å². The van der Waals surface area contributed by atoms with Gasteiger partial charge in [-0.25, -0.2) is 0 Å². The van der Waals surface area contributed by atoms with Gasteiger partial charge in [-0.3, -0.25) is 0 Å². The number of rotatable bonds is 6. The molecule has 0 saturated carbocycles. The van der Waals surface area contributed by atoms with Crippen LogP contribution in [0.2, 0.25) is 0 Å². The van der Waals surface area contributed by atoms with E-state index in [0.29, 0.717) is 5.92 Å². The molecule has 0 spiro atoms. The second kappa shape index (κ2) is 7.42. The molecule has 10 heavy (non-hydrogen) atoms. The highest BCUT2D eigenvalue weighted by Gasteiger charge is 1.92. The highest BCUT2D eigenvalue weighted by Crippen LogP contribution is 1.96. The number of thiol groups is 1. The molecule has 0 radical (unpaired) electrons. The Bertz CT molecular complexity index is 64.3. The molecule has 1 nitrogen and oxygen atoms in total. The van der Waals surface area contributed by atoms with Gasteiger partial charge in [0.25, 0.3) is 0 Å². The summed E-state index contributed by atoms with van der Waals surface area (Å²) in [4.78, 5) is 0. The maximum absolute atomic E-state index is 5.36. The minimum atomic E-state index is 0.663. The van der Waals surface area contributed by atoms with Gasteiger partial charge in [0.15, 0.2) is 0 Å². The summed E-state index contributed by atoms with van der Waals surface area (Å²) in [5.41, 5.74) is 0. The van der Waals surface area contributed by atoms with E-state index in [9.17, 15) is 0 Å². The Morgan fingerprint density at radius 1 is 1.30 bits per heavy atom. The quantitative estimate of drug-likeness (QED) is 0.466. The molecule has 0 aromatic carbocycles. The topological polar surface area (TPSA) is 9.23 Å². The summed E-state index contributed by atoms with van der Waals surface area (Å²) in [7, 11) is 0. The normalized spacial score (nSPS) is 10.8. The van der Waals surface area contributed by atoms with E-state index in [2.05, 4.69) is 26.5 Å². The summed E-state index contributed by atoms with van der Waals surface area (Å²) < 4.78 is 5.36. The molecule has 0 saturated heterocycles. The molecule has 0 heterocycles. The zero-order valence-electron chi connectivity index (χ0n) is 6.97. The van der Waals surface area contributed by atoms with Gasteiger partial charge in [0, 0.05) is 13.2 Å². The molecule has 62 valence electrons. The van der Waals surface area contributed by atoms with Gasteiger partial charge >= 0.3 is 0 Å². The Balaban J connectivity index is 2.77. The van der Waals surface area contributed by atoms with Crippen LogP contribution in [0.15, 0.2) is 0 Å². The monoisotopic (exact) mass is 162 g/mol. The van der Waals surface area contributed by atoms with Gasteiger partial charge < -0.3 is 4.74 Å². The van der Waals surface area contributed by atoms with Gasteiger partial charge in [0.05, 0.1) is 0 Å². The number of ether oxygens (including phenoxy) is 1. The van der Waals surface area contributed by atoms with Crippen LogP contribution >= 0.6 is 12.6 Å². The van der Waals surface area contributed by atoms with Crippen molar-refractivity contribution >= 4 is 12.6 Å². The third-order valence-corrected chi connectivity index (χ3v) is 1.46. The zero-order chi connectivity index (χ0) is 7.82. The Morgan fingerprint density at radius 2 is 2.00 bits per heavy atom. The fraction of sp³-hybridized carbons (Fsp3) is 1.00. The van der Waals surface area contributed by atoms with Gasteiger partial charge in [0.1, 0.15) is 0 Å². The van der Waals surface area contributed by atoms with Crippen LogP contribution in [0.3, 0.4) is 0 Å². The number of unbranched alkanes of at least 4 members (excludes halogenated alkanes) is 1. The first-order valence-corrected chi connectivity index (χ1v) is 4.59. The Morgan fingerprint density at radius 3 is 2.50 bits per heavy atom. The van der Waals surface area contributed by atoms with Crippen LogP contribution in [0.25, 0.3) is 0 Å². The molecule has 0 atom stereocenters. The van der Waals surface area contributed by atoms with Crippen LogP contribution in [0.4, 0.5) is 0 Å². The van der Waals surface area contributed by atoms with Crippen molar-refractivity contribution in [2.24, 2.45) is 5.92 Å². The second-order valence-electron chi connectivity index (χ2n) is 2.90. The van der Waals surface area contributed by atoms with Gasteiger partial charge in [0.2, 0.25) is 0 Å². The second-order valence-corrected chi connectivity index (χ2v) is 3.35. The first-order valence-electron chi connectivity index (χ1n) is 3.96. The average molecular weight is 162 g/mol. The third-order valence-electron chi connectivity index (χ3n) is 1.15. The minimum Gasteiger partial charge on any atom is -0.381 e. The van der Waals surface area contributed by atoms with E-state index >= 15 is 0 Å². The lowest BCUT2D eigenvalue weighted by atomic mass is 10.2. The summed E-state index contributed by atoms with van der Waals surface area (Å²) >= 11 is 4.11. The summed E-state index contributed by atoms with van der Waals surface area (Å²) in [6.45, 7) is 6.13. The molecule has 2 heteroatoms. The van der Waals surface area contributed by atoms with Crippen molar-refractivity contribution < 1.29 is 4.74 Å². The first kappa shape index (κ1) is 10.3. The molecule has 0 unspecified atom stereocenters. The van der Waals surface area contributed by atoms with Crippen LogP contribution in [0, 0.1) is 5.92 Å². The van der Waals surface area contributed by atoms with E-state index in [1.807, 2.05) is 0 Å². The molecule has 0 fully saturated rings. The Kier molecular flexibility index (Phi) is 7.65. The molecule has 0 aliphatic heterocycles. The van der Waals surface area contributed by atoms with Crippen LogP contribution < -0.4 is 0 Å². The fourth-order valence-electron chi connectivity index (χ4n) is 0.635. The molecular formula is C8H18OS. The highest BCUT2D eigenvalue weighted by atomic mass is 32.1. The van der Waals surface area contributed by atoms with Crippen molar-refractivity contribution in [2.45, 2.75) is 26.7 Å². The van der Waals surface area contributed by atoms with Crippen molar-refractivity contribution in [3.63, 3.8) is 0 Å². The van der Waals surface area contributed by atoms with Gasteiger partial charge in [-0.2, -0.15) is 12.6 Å². The van der Waals surface area contributed by atoms with Gasteiger partial charge in [-0.05, 0) is 24.5 Å². The summed E-state index contributed by atoms with van der Waals surface area (Å²) in [6.07, 6.45) is 2.32. The van der Waals surface area contributed by atoms with Crippen molar-refractivity contribution in [3.8, 4) is 0 Å². The number of hydrogen-bond acceptors (Lipinski definition) is 2. The predicted octanol–water partition coefficient (Wildman–Crippen LogP) is 2.37. The fourth-order valence-corrected chi connectivity index (χ4v) is 0.859. The largest absolute Gasteiger partial charge is 0.381 e. The third kappa shape index (κ3) is 8.31. The maximum atomic E-state index is 5.36. The van der Waals surface area contributed by atoms with E-state index in [0.717, 1.165) is 25.4 Å². The van der Waals surface area contributed by atoms with Crippen LogP contribution in [0.1, 0.15) is 26.7 Å². The molecule has 0 amide bonds. The summed E-state index contributed by atoms with van der Waals surface area (Å²) in [5, 5.41) is 0. The Hall–Kier alpha value is 0.310. The van der Waals surface area contributed by atoms with Crippen molar-refractivity contribution in [1.82, 2.24) is 0 Å². The highest BCUT2D eigenvalue weighted by molar-refractivity contribution is 7.80. The molecule has 0 rings (SSSR count). The molecule has 0 bridgehead atoms. The SMILES string of the molecule is CC(C)COCCCCS. The number of hydrogen-bond donors (Lipinski definition) is 1. The maximum Gasteiger partial charge on any atom is 0.0488 e. The van der Waals surface area contributed by atoms with E-state index < -0.39 is 0 Å². The molecule has 0 N–H and O–H groups in total. The smallest absolute Gasteiger partial charge is 0.0488 e. The van der Waals surface area contributed by atoms with E-state index in [4.69, 9.17) is 4.74 Å². The lowest BCUT2D eigenvalue weighted by Crippen LogP contribution is -2.02. The van der Waals surface area contributed by atoms with Gasteiger partial charge in [-0.1, -0.05) is 13.8 Å².